The molecule has 1 fully saturated rings. The molecule has 1 aliphatic rings. The predicted octanol–water partition coefficient (Wildman–Crippen LogP) is 3.06. The van der Waals surface area contributed by atoms with Crippen molar-refractivity contribution in [3.8, 4) is 17.1 Å². The van der Waals surface area contributed by atoms with Crippen molar-refractivity contribution in [1.29, 1.82) is 0 Å². The summed E-state index contributed by atoms with van der Waals surface area (Å²) in [7, 11) is 1.63. The van der Waals surface area contributed by atoms with E-state index in [9.17, 15) is 4.79 Å². The number of hydrogen-bond acceptors (Lipinski definition) is 7. The number of carbonyl (C=O) groups excluding carboxylic acids is 1. The molecule has 8 nitrogen and oxygen atoms in total. The van der Waals surface area contributed by atoms with Crippen molar-refractivity contribution < 1.29 is 18.6 Å². The van der Waals surface area contributed by atoms with Crippen LogP contribution in [-0.2, 0) is 0 Å². The molecule has 1 aliphatic heterocycles. The van der Waals surface area contributed by atoms with Gasteiger partial charge in [0.1, 0.15) is 11.5 Å². The highest BCUT2D eigenvalue weighted by Gasteiger charge is 2.29. The number of nitrogens with zero attached hydrogens (tertiary/aromatic N) is 4. The fourth-order valence-electron chi connectivity index (χ4n) is 3.22. The Morgan fingerprint density at radius 3 is 2.52 bits per heavy atom. The van der Waals surface area contributed by atoms with E-state index in [0.29, 0.717) is 36.3 Å². The number of ether oxygens (including phenoxy) is 1. The van der Waals surface area contributed by atoms with Crippen molar-refractivity contribution in [2.24, 2.45) is 0 Å². The lowest BCUT2D eigenvalue weighted by Gasteiger charge is -2.29. The number of aromatic nitrogens is 3. The van der Waals surface area contributed by atoms with Crippen molar-refractivity contribution in [1.82, 2.24) is 20.2 Å². The minimum Gasteiger partial charge on any atom is -0.497 e. The Hall–Kier alpha value is -3.16. The molecule has 0 bridgehead atoms. The minimum atomic E-state index is -0.102. The second-order valence-corrected chi connectivity index (χ2v) is 6.57. The van der Waals surface area contributed by atoms with Crippen LogP contribution in [0.5, 0.6) is 5.75 Å². The Morgan fingerprint density at radius 2 is 1.89 bits per heavy atom. The molecule has 0 aliphatic carbocycles. The Labute approximate surface area is 156 Å². The van der Waals surface area contributed by atoms with Crippen LogP contribution in [0.3, 0.4) is 0 Å². The van der Waals surface area contributed by atoms with Gasteiger partial charge >= 0.3 is 0 Å². The molecule has 0 atom stereocenters. The highest BCUT2D eigenvalue weighted by Crippen LogP contribution is 2.29. The van der Waals surface area contributed by atoms with Gasteiger partial charge in [0, 0.05) is 30.6 Å². The van der Waals surface area contributed by atoms with Crippen molar-refractivity contribution in [3.05, 3.63) is 47.7 Å². The summed E-state index contributed by atoms with van der Waals surface area (Å²) >= 11 is 0. The van der Waals surface area contributed by atoms with Gasteiger partial charge in [0.25, 0.3) is 5.91 Å². The summed E-state index contributed by atoms with van der Waals surface area (Å²) in [5.41, 5.74) is 1.23. The summed E-state index contributed by atoms with van der Waals surface area (Å²) in [4.78, 5) is 18.8. The molecule has 1 saturated heterocycles. The third kappa shape index (κ3) is 3.55. The number of aryl methyl sites for hydroxylation is 1. The van der Waals surface area contributed by atoms with E-state index in [1.54, 1.807) is 25.0 Å². The average molecular weight is 368 g/mol. The van der Waals surface area contributed by atoms with Gasteiger partial charge in [-0.05, 0) is 44.0 Å². The van der Waals surface area contributed by atoms with E-state index in [4.69, 9.17) is 13.8 Å². The summed E-state index contributed by atoms with van der Waals surface area (Å²) in [6.07, 6.45) is 1.54. The first-order valence-electron chi connectivity index (χ1n) is 8.84. The van der Waals surface area contributed by atoms with Gasteiger partial charge in [0.15, 0.2) is 5.69 Å². The summed E-state index contributed by atoms with van der Waals surface area (Å²) in [5.74, 6) is 2.63. The van der Waals surface area contributed by atoms with Gasteiger partial charge in [-0.1, -0.05) is 10.3 Å². The maximum absolute atomic E-state index is 12.4. The number of carbonyl (C=O) groups is 1. The molecule has 4 rings (SSSR count). The molecule has 140 valence electrons. The number of methoxy groups -OCH3 is 1. The first-order valence-corrected chi connectivity index (χ1v) is 8.84. The Kier molecular flexibility index (Phi) is 4.62. The summed E-state index contributed by atoms with van der Waals surface area (Å²) in [5, 5.41) is 7.89. The molecule has 0 saturated carbocycles. The second-order valence-electron chi connectivity index (χ2n) is 6.57. The zero-order valence-electron chi connectivity index (χ0n) is 15.2. The quantitative estimate of drug-likeness (QED) is 0.698. The average Bonchev–Trinajstić information content (AvgIpc) is 3.37. The van der Waals surface area contributed by atoms with Gasteiger partial charge in [-0.15, -0.1) is 0 Å². The third-order valence-corrected chi connectivity index (χ3v) is 4.77. The zero-order valence-corrected chi connectivity index (χ0v) is 15.2. The molecule has 0 unspecified atom stereocenters. The Morgan fingerprint density at radius 1 is 1.15 bits per heavy atom. The lowest BCUT2D eigenvalue weighted by Crippen LogP contribution is -2.38. The van der Waals surface area contributed by atoms with Crippen LogP contribution < -0.4 is 4.74 Å². The van der Waals surface area contributed by atoms with E-state index in [0.717, 1.165) is 24.2 Å². The topological polar surface area (TPSA) is 94.5 Å². The maximum atomic E-state index is 12.4. The zero-order chi connectivity index (χ0) is 18.8. The molecule has 0 N–H and O–H groups in total. The van der Waals surface area contributed by atoms with Gasteiger partial charge in [0.05, 0.1) is 7.11 Å². The van der Waals surface area contributed by atoms with Crippen molar-refractivity contribution in [2.45, 2.75) is 25.7 Å². The van der Waals surface area contributed by atoms with E-state index in [-0.39, 0.29) is 11.8 Å². The monoisotopic (exact) mass is 368 g/mol. The fraction of sp³-hybridized carbons (Fsp3) is 0.368. The smallest absolute Gasteiger partial charge is 0.276 e. The summed E-state index contributed by atoms with van der Waals surface area (Å²) < 4.78 is 15.6. The largest absolute Gasteiger partial charge is 0.497 e. The Balaban J connectivity index is 1.39. The van der Waals surface area contributed by atoms with Crippen molar-refractivity contribution in [3.63, 3.8) is 0 Å². The maximum Gasteiger partial charge on any atom is 0.276 e. The number of amides is 1. The number of benzene rings is 1. The van der Waals surface area contributed by atoms with Crippen molar-refractivity contribution >= 4 is 5.91 Å². The molecule has 0 spiro atoms. The van der Waals surface area contributed by atoms with E-state index < -0.39 is 0 Å². The molecule has 1 aromatic carbocycles. The highest BCUT2D eigenvalue weighted by atomic mass is 16.5. The van der Waals surface area contributed by atoms with Crippen LogP contribution in [0.1, 0.15) is 40.9 Å². The summed E-state index contributed by atoms with van der Waals surface area (Å²) in [6, 6.07) is 9.18. The molecule has 1 amide bonds. The minimum absolute atomic E-state index is 0.102. The van der Waals surface area contributed by atoms with Crippen LogP contribution in [-0.4, -0.2) is 46.3 Å². The van der Waals surface area contributed by atoms with Gasteiger partial charge in [0.2, 0.25) is 11.7 Å². The van der Waals surface area contributed by atoms with Gasteiger partial charge in [-0.2, -0.15) is 4.98 Å². The fourth-order valence-corrected chi connectivity index (χ4v) is 3.22. The van der Waals surface area contributed by atoms with Gasteiger partial charge in [-0.25, -0.2) is 0 Å². The SMILES string of the molecule is COc1ccc(-c2noc(C3CCN(C(=O)c4cc(C)on4)CC3)n2)cc1. The standard InChI is InChI=1S/C19H20N4O4/c1-12-11-16(21-26-12)19(24)23-9-7-14(8-10-23)18-20-17(22-27-18)13-3-5-15(25-2)6-4-13/h3-6,11,14H,7-10H2,1-2H3. The normalized spacial score (nSPS) is 15.1. The first kappa shape index (κ1) is 17.3. The second kappa shape index (κ2) is 7.22. The van der Waals surface area contributed by atoms with Crippen LogP contribution in [0, 0.1) is 6.92 Å². The van der Waals surface area contributed by atoms with Crippen LogP contribution in [0.25, 0.3) is 11.4 Å². The molecule has 2 aromatic heterocycles. The van der Waals surface area contributed by atoms with Crippen molar-refractivity contribution in [2.75, 3.05) is 20.2 Å². The molecule has 3 aromatic rings. The molecule has 8 heteroatoms. The number of hydrogen-bond donors (Lipinski definition) is 0. The summed E-state index contributed by atoms with van der Waals surface area (Å²) in [6.45, 7) is 3.01. The Bertz CT molecular complexity index is 923. The van der Waals surface area contributed by atoms with Crippen LogP contribution in [0.2, 0.25) is 0 Å². The van der Waals surface area contributed by atoms with Crippen LogP contribution in [0.4, 0.5) is 0 Å². The first-order chi connectivity index (χ1) is 13.1. The van der Waals surface area contributed by atoms with E-state index in [1.165, 1.54) is 0 Å². The number of likely N-dealkylation sites (tertiary alicyclic amines) is 1. The highest BCUT2D eigenvalue weighted by molar-refractivity contribution is 5.92. The number of piperidine rings is 1. The van der Waals surface area contributed by atoms with Crippen LogP contribution in [0.15, 0.2) is 39.4 Å². The predicted molar refractivity (Wildman–Crippen MR) is 95.4 cm³/mol. The van der Waals surface area contributed by atoms with Gasteiger partial charge < -0.3 is 18.7 Å². The van der Waals surface area contributed by atoms with Crippen LogP contribution >= 0.6 is 0 Å². The van der Waals surface area contributed by atoms with E-state index in [2.05, 4.69) is 15.3 Å². The molecule has 27 heavy (non-hydrogen) atoms. The third-order valence-electron chi connectivity index (χ3n) is 4.77. The lowest BCUT2D eigenvalue weighted by molar-refractivity contribution is 0.0694. The van der Waals surface area contributed by atoms with E-state index >= 15 is 0 Å². The molecule has 3 heterocycles. The molecule has 0 radical (unpaired) electrons. The molecular formula is C19H20N4O4. The lowest BCUT2D eigenvalue weighted by atomic mass is 9.96. The van der Waals surface area contributed by atoms with E-state index in [1.807, 2.05) is 24.3 Å². The van der Waals surface area contributed by atoms with Gasteiger partial charge in [-0.3, -0.25) is 4.79 Å². The molecular weight excluding hydrogens is 348 g/mol. The number of rotatable bonds is 4.